The number of hydrogen-bond donors (Lipinski definition) is 4. The van der Waals surface area contributed by atoms with E-state index in [9.17, 15) is 29.3 Å². The Morgan fingerprint density at radius 3 is 2.51 bits per heavy atom. The van der Waals surface area contributed by atoms with Crippen LogP contribution in [0.1, 0.15) is 11.9 Å². The van der Waals surface area contributed by atoms with Crippen LogP contribution < -0.4 is 5.73 Å². The first kappa shape index (κ1) is 26.2. The number of aliphatic hydroxyl groups excluding tert-OH is 1. The molecule has 1 aromatic carbocycles. The molecular formula is C20H20ClF2N5O7. The fourth-order valence-corrected chi connectivity index (χ4v) is 3.46. The van der Waals surface area contributed by atoms with Crippen molar-refractivity contribution in [2.75, 3.05) is 19.5 Å². The third-order valence-electron chi connectivity index (χ3n) is 5.23. The fraction of sp³-hybridized carbons (Fsp3) is 0.350. The summed E-state index contributed by atoms with van der Waals surface area (Å²) < 4.78 is 40.3. The summed E-state index contributed by atoms with van der Waals surface area (Å²) in [5, 5.41) is 29.6. The Bertz CT molecular complexity index is 1230. The Morgan fingerprint density at radius 2 is 1.91 bits per heavy atom. The second-order valence-electron chi connectivity index (χ2n) is 7.36. The van der Waals surface area contributed by atoms with Crippen LogP contribution in [0, 0.1) is 5.82 Å². The largest absolute Gasteiger partial charge is 0.479 e. The van der Waals surface area contributed by atoms with Gasteiger partial charge < -0.3 is 30.5 Å². The number of fused-ring (bicyclic) bond motifs is 1. The highest BCUT2D eigenvalue weighted by Crippen LogP contribution is 2.27. The van der Waals surface area contributed by atoms with Crippen LogP contribution in [0.2, 0.25) is 5.28 Å². The molecule has 0 saturated carbocycles. The number of rotatable bonds is 11. The Labute approximate surface area is 200 Å². The second-order valence-corrected chi connectivity index (χ2v) is 7.69. The Hall–Kier alpha value is -3.46. The molecule has 5 N–H and O–H groups in total. The minimum absolute atomic E-state index is 0.00938. The van der Waals surface area contributed by atoms with Gasteiger partial charge in [-0.05, 0) is 23.2 Å². The first-order valence-corrected chi connectivity index (χ1v) is 10.2. The summed E-state index contributed by atoms with van der Waals surface area (Å²) in [6.07, 6.45) is -5.80. The number of benzene rings is 1. The number of hydrogen-bond acceptors (Lipinski definition) is 9. The molecule has 3 aromatic rings. The number of anilines is 1. The number of halogens is 3. The van der Waals surface area contributed by atoms with E-state index in [4.69, 9.17) is 26.8 Å². The molecule has 35 heavy (non-hydrogen) atoms. The predicted octanol–water partition coefficient (Wildman–Crippen LogP) is 1.21. The molecule has 3 rings (SSSR count). The number of aliphatic hydroxyl groups is 1. The lowest BCUT2D eigenvalue weighted by molar-refractivity contribution is -0.192. The molecule has 0 aliphatic heterocycles. The third-order valence-corrected chi connectivity index (χ3v) is 5.40. The molecular weight excluding hydrogens is 496 g/mol. The van der Waals surface area contributed by atoms with Crippen LogP contribution in [0.25, 0.3) is 11.2 Å². The Morgan fingerprint density at radius 1 is 1.26 bits per heavy atom. The van der Waals surface area contributed by atoms with Gasteiger partial charge in [0.05, 0.1) is 12.9 Å². The zero-order valence-corrected chi connectivity index (χ0v) is 18.8. The average Bonchev–Trinajstić information content (AvgIpc) is 3.22. The number of alkyl halides is 1. The van der Waals surface area contributed by atoms with Gasteiger partial charge in [0.2, 0.25) is 11.6 Å². The maximum atomic E-state index is 15.2. The van der Waals surface area contributed by atoms with Gasteiger partial charge in [0.15, 0.2) is 11.5 Å². The van der Waals surface area contributed by atoms with Crippen molar-refractivity contribution in [3.63, 3.8) is 0 Å². The van der Waals surface area contributed by atoms with E-state index in [0.29, 0.717) is 0 Å². The van der Waals surface area contributed by atoms with Crippen LogP contribution in [0.3, 0.4) is 0 Å². The van der Waals surface area contributed by atoms with Crippen LogP contribution in [0.4, 0.5) is 14.6 Å². The first-order chi connectivity index (χ1) is 16.5. The van der Waals surface area contributed by atoms with Gasteiger partial charge >= 0.3 is 11.9 Å². The molecule has 0 radical (unpaired) electrons. The lowest BCUT2D eigenvalue weighted by Crippen LogP contribution is -2.53. The molecule has 0 bridgehead atoms. The van der Waals surface area contributed by atoms with Crippen molar-refractivity contribution in [1.29, 1.82) is 0 Å². The second kappa shape index (κ2) is 10.4. The number of imidazole rings is 1. The minimum atomic E-state index is -2.96. The van der Waals surface area contributed by atoms with Gasteiger partial charge in [-0.2, -0.15) is 9.97 Å². The number of aromatic nitrogens is 4. The van der Waals surface area contributed by atoms with Gasteiger partial charge in [-0.1, -0.05) is 18.2 Å². The minimum Gasteiger partial charge on any atom is -0.479 e. The Balaban J connectivity index is 1.86. The van der Waals surface area contributed by atoms with Crippen LogP contribution in [-0.2, 0) is 25.5 Å². The molecule has 0 amide bonds. The van der Waals surface area contributed by atoms with Gasteiger partial charge in [-0.3, -0.25) is 4.57 Å². The van der Waals surface area contributed by atoms with Crippen molar-refractivity contribution in [2.45, 2.75) is 30.5 Å². The monoisotopic (exact) mass is 515 g/mol. The van der Waals surface area contributed by atoms with Crippen molar-refractivity contribution >= 4 is 40.5 Å². The zero-order chi connectivity index (χ0) is 25.9. The highest BCUT2D eigenvalue weighted by Gasteiger charge is 2.50. The first-order valence-electron chi connectivity index (χ1n) is 9.86. The number of aliphatic carboxylic acids is 2. The molecule has 15 heteroatoms. The molecule has 2 heterocycles. The quantitative estimate of drug-likeness (QED) is 0.212. The van der Waals surface area contributed by atoms with E-state index in [1.54, 1.807) is 0 Å². The fourth-order valence-electron chi connectivity index (χ4n) is 3.29. The van der Waals surface area contributed by atoms with E-state index in [1.165, 1.54) is 18.2 Å². The van der Waals surface area contributed by atoms with Gasteiger partial charge in [-0.15, -0.1) is 0 Å². The molecule has 0 aliphatic rings. The SMILES string of the molecule is CO[C@H](COC(Cc1ccccc1F)(C(=O)O)C(=O)O)[C@@H](O)[C@H](F)n1cnc2c(N)nc(Cl)nc21. The topological polar surface area (TPSA) is 183 Å². The predicted molar refractivity (Wildman–Crippen MR) is 116 cm³/mol. The highest BCUT2D eigenvalue weighted by molar-refractivity contribution is 6.28. The van der Waals surface area contributed by atoms with E-state index in [0.717, 1.165) is 24.1 Å². The molecule has 12 nitrogen and oxygen atoms in total. The molecule has 0 fully saturated rings. The Kier molecular flexibility index (Phi) is 7.80. The van der Waals surface area contributed by atoms with Crippen LogP contribution in [0.5, 0.6) is 0 Å². The van der Waals surface area contributed by atoms with E-state index in [-0.39, 0.29) is 27.8 Å². The van der Waals surface area contributed by atoms with E-state index < -0.39 is 54.9 Å². The van der Waals surface area contributed by atoms with Crippen molar-refractivity contribution in [3.8, 4) is 0 Å². The molecule has 2 aromatic heterocycles. The van der Waals surface area contributed by atoms with E-state index in [2.05, 4.69) is 15.0 Å². The summed E-state index contributed by atoms with van der Waals surface area (Å²) in [6, 6.07) is 4.95. The number of carboxylic acids is 2. The lowest BCUT2D eigenvalue weighted by Gasteiger charge is -2.30. The maximum Gasteiger partial charge on any atom is 0.348 e. The molecule has 0 unspecified atom stereocenters. The summed E-state index contributed by atoms with van der Waals surface area (Å²) in [7, 11) is 1.06. The normalized spacial score (nSPS) is 14.5. The molecule has 0 saturated heterocycles. The number of nitrogens with zero attached hydrogens (tertiary/aromatic N) is 4. The average molecular weight is 516 g/mol. The van der Waals surface area contributed by atoms with Gasteiger partial charge in [0, 0.05) is 13.5 Å². The lowest BCUT2D eigenvalue weighted by atomic mass is 9.93. The number of carbonyl (C=O) groups is 2. The highest BCUT2D eigenvalue weighted by atomic mass is 35.5. The summed E-state index contributed by atoms with van der Waals surface area (Å²) in [5.41, 5.74) is 2.35. The number of methoxy groups -OCH3 is 1. The molecule has 0 spiro atoms. The van der Waals surface area contributed by atoms with Crippen molar-refractivity contribution < 1.29 is 43.2 Å². The smallest absolute Gasteiger partial charge is 0.348 e. The number of carboxylic acid groups (broad SMARTS) is 2. The number of ether oxygens (including phenoxy) is 2. The van der Waals surface area contributed by atoms with Crippen LogP contribution in [0.15, 0.2) is 30.6 Å². The van der Waals surface area contributed by atoms with Gasteiger partial charge in [0.25, 0.3) is 5.60 Å². The summed E-state index contributed by atoms with van der Waals surface area (Å²) in [6.45, 7) is -0.893. The van der Waals surface area contributed by atoms with Crippen molar-refractivity contribution in [3.05, 3.63) is 47.3 Å². The maximum absolute atomic E-state index is 15.2. The van der Waals surface area contributed by atoms with Crippen molar-refractivity contribution in [2.24, 2.45) is 0 Å². The third kappa shape index (κ3) is 5.14. The molecule has 188 valence electrons. The molecule has 3 atom stereocenters. The van der Waals surface area contributed by atoms with Crippen LogP contribution in [-0.4, -0.2) is 78.3 Å². The molecule has 0 aliphatic carbocycles. The standard InChI is InChI=1S/C20H20ClF2N5O7/c1-34-11(13(29)14(23)28-8-25-12-15(24)26-19(21)27-16(12)28)7-35-20(17(30)31,18(32)33)6-9-4-2-3-5-10(9)22/h2-5,8,11,13-14,29H,6-7H2,1H3,(H,30,31)(H,32,33)(H2,24,26,27)/t11-,13-,14-/m1/s1. The summed E-state index contributed by atoms with van der Waals surface area (Å²) >= 11 is 5.75. The zero-order valence-electron chi connectivity index (χ0n) is 18.0. The van der Waals surface area contributed by atoms with E-state index >= 15 is 4.39 Å². The van der Waals surface area contributed by atoms with Gasteiger partial charge in [0.1, 0.15) is 23.5 Å². The van der Waals surface area contributed by atoms with Gasteiger partial charge in [-0.25, -0.2) is 23.4 Å². The summed E-state index contributed by atoms with van der Waals surface area (Å²) in [4.78, 5) is 35.2. The van der Waals surface area contributed by atoms with Crippen molar-refractivity contribution in [1.82, 2.24) is 19.5 Å². The number of nitrogen functional groups attached to an aromatic ring is 1. The van der Waals surface area contributed by atoms with E-state index in [1.807, 2.05) is 0 Å². The number of nitrogens with two attached hydrogens (primary N) is 1. The summed E-state index contributed by atoms with van der Waals surface area (Å²) in [5.74, 6) is -4.84. The van der Waals surface area contributed by atoms with Crippen LogP contribution >= 0.6 is 11.6 Å².